The van der Waals surface area contributed by atoms with Gasteiger partial charge in [0.1, 0.15) is 6.04 Å². The Hall–Kier alpha value is -1.30. The van der Waals surface area contributed by atoms with Crippen LogP contribution in [0.5, 0.6) is 0 Å². The number of rotatable bonds is 5. The zero-order valence-corrected chi connectivity index (χ0v) is 11.4. The number of carbonyl (C=O) groups is 2. The first-order valence-corrected chi connectivity index (χ1v) is 7.02. The van der Waals surface area contributed by atoms with Crippen LogP contribution in [0.2, 0.25) is 0 Å². The Morgan fingerprint density at radius 2 is 1.95 bits per heavy atom. The minimum absolute atomic E-state index is 0.279. The Morgan fingerprint density at radius 1 is 1.26 bits per heavy atom. The smallest absolute Gasteiger partial charge is 0.326 e. The summed E-state index contributed by atoms with van der Waals surface area (Å²) in [6.07, 6.45) is 4.96. The van der Waals surface area contributed by atoms with E-state index in [4.69, 9.17) is 5.11 Å². The number of hydrogen-bond acceptors (Lipinski definition) is 3. The lowest BCUT2D eigenvalue weighted by atomic mass is 10.1. The molecule has 0 aliphatic heterocycles. The third-order valence-corrected chi connectivity index (χ3v) is 3.48. The second-order valence-electron chi connectivity index (χ2n) is 5.11. The molecule has 19 heavy (non-hydrogen) atoms. The highest BCUT2D eigenvalue weighted by atomic mass is 16.4. The zero-order valence-electron chi connectivity index (χ0n) is 11.4. The second kappa shape index (κ2) is 7.99. The van der Waals surface area contributed by atoms with E-state index in [1.54, 1.807) is 0 Å². The highest BCUT2D eigenvalue weighted by Gasteiger charge is 2.25. The molecule has 1 saturated carbocycles. The molecule has 3 atom stereocenters. The van der Waals surface area contributed by atoms with Crippen molar-refractivity contribution in [3.05, 3.63) is 0 Å². The number of aliphatic carboxylic acids is 1. The standard InChI is InChI=1S/C13H24N2O4/c1-2-6-10(12(17)18)15-13(19)14-9-7-4-3-5-8-11(9)16/h9-11,16H,2-8H2,1H3,(H,17,18)(H2,14,15,19)/t9?,10-,11?/m0/s1. The summed E-state index contributed by atoms with van der Waals surface area (Å²) in [4.78, 5) is 22.7. The van der Waals surface area contributed by atoms with E-state index in [0.29, 0.717) is 19.3 Å². The van der Waals surface area contributed by atoms with Gasteiger partial charge in [-0.2, -0.15) is 0 Å². The van der Waals surface area contributed by atoms with Crippen LogP contribution in [0.1, 0.15) is 51.9 Å². The number of aliphatic hydroxyl groups is 1. The Labute approximate surface area is 113 Å². The molecule has 1 aliphatic carbocycles. The first-order chi connectivity index (χ1) is 9.04. The van der Waals surface area contributed by atoms with E-state index >= 15 is 0 Å². The van der Waals surface area contributed by atoms with E-state index in [1.807, 2.05) is 6.92 Å². The van der Waals surface area contributed by atoms with Gasteiger partial charge in [0, 0.05) is 0 Å². The fourth-order valence-corrected chi connectivity index (χ4v) is 2.37. The number of aliphatic hydroxyl groups excluding tert-OH is 1. The van der Waals surface area contributed by atoms with Gasteiger partial charge in [0.15, 0.2) is 0 Å². The molecule has 0 bridgehead atoms. The van der Waals surface area contributed by atoms with Crippen molar-refractivity contribution < 1.29 is 19.8 Å². The van der Waals surface area contributed by atoms with Crippen LogP contribution < -0.4 is 10.6 Å². The number of hydrogen-bond donors (Lipinski definition) is 4. The van der Waals surface area contributed by atoms with Gasteiger partial charge in [-0.05, 0) is 19.3 Å². The summed E-state index contributed by atoms with van der Waals surface area (Å²) in [6.45, 7) is 1.87. The molecule has 6 heteroatoms. The van der Waals surface area contributed by atoms with Crippen molar-refractivity contribution >= 4 is 12.0 Å². The normalized spacial score (nSPS) is 25.2. The van der Waals surface area contributed by atoms with Crippen LogP contribution >= 0.6 is 0 Å². The maximum absolute atomic E-state index is 11.8. The Kier molecular flexibility index (Phi) is 6.62. The van der Waals surface area contributed by atoms with E-state index in [2.05, 4.69) is 10.6 Å². The first-order valence-electron chi connectivity index (χ1n) is 7.02. The Balaban J connectivity index is 2.46. The minimum Gasteiger partial charge on any atom is -0.480 e. The molecule has 4 N–H and O–H groups in total. The number of amides is 2. The van der Waals surface area contributed by atoms with Gasteiger partial charge < -0.3 is 20.8 Å². The molecule has 2 unspecified atom stereocenters. The van der Waals surface area contributed by atoms with E-state index < -0.39 is 24.1 Å². The van der Waals surface area contributed by atoms with Crippen molar-refractivity contribution in [1.82, 2.24) is 10.6 Å². The fourth-order valence-electron chi connectivity index (χ4n) is 2.37. The largest absolute Gasteiger partial charge is 0.480 e. The molecule has 1 rings (SSSR count). The highest BCUT2D eigenvalue weighted by molar-refractivity contribution is 5.82. The maximum Gasteiger partial charge on any atom is 0.326 e. The SMILES string of the molecule is CCC[C@H](NC(=O)NC1CCCCCC1O)C(=O)O. The summed E-state index contributed by atoms with van der Waals surface area (Å²) >= 11 is 0. The van der Waals surface area contributed by atoms with Crippen LogP contribution in [-0.4, -0.2) is 40.4 Å². The topological polar surface area (TPSA) is 98.7 Å². The van der Waals surface area contributed by atoms with E-state index in [-0.39, 0.29) is 6.04 Å². The Morgan fingerprint density at radius 3 is 2.58 bits per heavy atom. The number of carboxylic acids is 1. The van der Waals surface area contributed by atoms with Gasteiger partial charge in [-0.15, -0.1) is 0 Å². The first kappa shape index (κ1) is 15.8. The summed E-state index contributed by atoms with van der Waals surface area (Å²) in [5, 5.41) is 24.0. The van der Waals surface area contributed by atoms with Crippen LogP contribution in [0.15, 0.2) is 0 Å². The third-order valence-electron chi connectivity index (χ3n) is 3.48. The van der Waals surface area contributed by atoms with Crippen molar-refractivity contribution in [2.24, 2.45) is 0 Å². The molecule has 1 aliphatic rings. The molecule has 110 valence electrons. The van der Waals surface area contributed by atoms with Gasteiger partial charge in [0.2, 0.25) is 0 Å². The number of carbonyl (C=O) groups excluding carboxylic acids is 1. The molecule has 0 aromatic rings. The monoisotopic (exact) mass is 272 g/mol. The molecule has 1 fully saturated rings. The summed E-state index contributed by atoms with van der Waals surface area (Å²) in [5.41, 5.74) is 0. The molecule has 0 spiro atoms. The summed E-state index contributed by atoms with van der Waals surface area (Å²) in [6, 6.07) is -1.65. The van der Waals surface area contributed by atoms with Gasteiger partial charge in [0.25, 0.3) is 0 Å². The van der Waals surface area contributed by atoms with Gasteiger partial charge in [0.05, 0.1) is 12.1 Å². The molecule has 0 saturated heterocycles. The van der Waals surface area contributed by atoms with Crippen molar-refractivity contribution in [3.8, 4) is 0 Å². The van der Waals surface area contributed by atoms with Crippen LogP contribution in [0.4, 0.5) is 4.79 Å². The number of nitrogens with one attached hydrogen (secondary N) is 2. The molecule has 6 nitrogen and oxygen atoms in total. The molecule has 0 radical (unpaired) electrons. The lowest BCUT2D eigenvalue weighted by molar-refractivity contribution is -0.139. The molecular weight excluding hydrogens is 248 g/mol. The highest BCUT2D eigenvalue weighted by Crippen LogP contribution is 2.17. The second-order valence-corrected chi connectivity index (χ2v) is 5.11. The molecular formula is C13H24N2O4. The molecule has 0 aromatic carbocycles. The number of carboxylic acid groups (broad SMARTS) is 1. The summed E-state index contributed by atoms with van der Waals surface area (Å²) < 4.78 is 0. The van der Waals surface area contributed by atoms with Crippen LogP contribution in [0, 0.1) is 0 Å². The minimum atomic E-state index is -1.03. The van der Waals surface area contributed by atoms with E-state index in [9.17, 15) is 14.7 Å². The van der Waals surface area contributed by atoms with Gasteiger partial charge in [-0.1, -0.05) is 32.6 Å². The fraction of sp³-hybridized carbons (Fsp3) is 0.846. The van der Waals surface area contributed by atoms with Crippen molar-refractivity contribution in [3.63, 3.8) is 0 Å². The quantitative estimate of drug-likeness (QED) is 0.566. The zero-order chi connectivity index (χ0) is 14.3. The maximum atomic E-state index is 11.8. The van der Waals surface area contributed by atoms with Gasteiger partial charge in [-0.3, -0.25) is 0 Å². The lowest BCUT2D eigenvalue weighted by Gasteiger charge is -2.23. The average molecular weight is 272 g/mol. The van der Waals surface area contributed by atoms with Gasteiger partial charge >= 0.3 is 12.0 Å². The van der Waals surface area contributed by atoms with Crippen molar-refractivity contribution in [1.29, 1.82) is 0 Å². The van der Waals surface area contributed by atoms with Crippen LogP contribution in [0.3, 0.4) is 0 Å². The lowest BCUT2D eigenvalue weighted by Crippen LogP contribution is -2.51. The summed E-state index contributed by atoms with van der Waals surface area (Å²) in [7, 11) is 0. The van der Waals surface area contributed by atoms with E-state index in [1.165, 1.54) is 0 Å². The molecule has 0 aromatic heterocycles. The van der Waals surface area contributed by atoms with Crippen LogP contribution in [0.25, 0.3) is 0 Å². The Bertz CT molecular complexity index is 309. The third kappa shape index (κ3) is 5.46. The van der Waals surface area contributed by atoms with Crippen LogP contribution in [-0.2, 0) is 4.79 Å². The molecule has 2 amide bonds. The predicted octanol–water partition coefficient (Wildman–Crippen LogP) is 1.23. The summed E-state index contributed by atoms with van der Waals surface area (Å²) in [5.74, 6) is -1.03. The van der Waals surface area contributed by atoms with Crippen molar-refractivity contribution in [2.75, 3.05) is 0 Å². The van der Waals surface area contributed by atoms with E-state index in [0.717, 1.165) is 25.7 Å². The number of urea groups is 1. The average Bonchev–Trinajstić information content (AvgIpc) is 2.54. The molecule has 0 heterocycles. The van der Waals surface area contributed by atoms with Gasteiger partial charge in [-0.25, -0.2) is 9.59 Å². The predicted molar refractivity (Wildman–Crippen MR) is 70.9 cm³/mol. The van der Waals surface area contributed by atoms with Crippen molar-refractivity contribution in [2.45, 2.75) is 70.1 Å².